The van der Waals surface area contributed by atoms with E-state index < -0.39 is 6.04 Å². The van der Waals surface area contributed by atoms with E-state index in [-0.39, 0.29) is 11.9 Å². The van der Waals surface area contributed by atoms with Crippen LogP contribution in [0.4, 0.5) is 0 Å². The van der Waals surface area contributed by atoms with Gasteiger partial charge in [0.1, 0.15) is 6.04 Å². The number of unbranched alkanes of at least 4 members (excludes halogenated alkanes) is 8. The van der Waals surface area contributed by atoms with E-state index in [1.807, 2.05) is 18.2 Å². The van der Waals surface area contributed by atoms with Crippen molar-refractivity contribution in [3.63, 3.8) is 0 Å². The van der Waals surface area contributed by atoms with Crippen molar-refractivity contribution in [3.05, 3.63) is 34.3 Å². The van der Waals surface area contributed by atoms with Gasteiger partial charge in [-0.15, -0.1) is 0 Å². The predicted octanol–water partition coefficient (Wildman–Crippen LogP) is 6.13. The van der Waals surface area contributed by atoms with Crippen LogP contribution in [0.25, 0.3) is 0 Å². The number of likely N-dealkylation sites (tertiary alicyclic amines) is 1. The summed E-state index contributed by atoms with van der Waals surface area (Å²) in [7, 11) is 0. The summed E-state index contributed by atoms with van der Waals surface area (Å²) in [5.41, 5.74) is 0.598. The van der Waals surface area contributed by atoms with Crippen molar-refractivity contribution in [1.29, 1.82) is 0 Å². The Labute approximate surface area is 178 Å². The molecule has 0 saturated carbocycles. The topological polar surface area (TPSA) is 46.6 Å². The minimum absolute atomic E-state index is 0.102. The van der Waals surface area contributed by atoms with Gasteiger partial charge in [0.2, 0.25) is 0 Å². The van der Waals surface area contributed by atoms with Crippen LogP contribution in [0.5, 0.6) is 0 Å². The molecule has 1 heterocycles. The van der Waals surface area contributed by atoms with Crippen LogP contribution in [0.15, 0.2) is 28.7 Å². The number of rotatable bonds is 12. The summed E-state index contributed by atoms with van der Waals surface area (Å²) in [4.78, 5) is 27.0. The van der Waals surface area contributed by atoms with Gasteiger partial charge in [-0.2, -0.15) is 0 Å². The summed E-state index contributed by atoms with van der Waals surface area (Å²) in [6.45, 7) is 3.31. The SMILES string of the molecule is CCCCCCCCCCCOC(=O)C1CCCN1C(=O)c1ccccc1Br. The number of halogens is 1. The fourth-order valence-electron chi connectivity index (χ4n) is 3.73. The Morgan fingerprint density at radius 2 is 1.68 bits per heavy atom. The Kier molecular flexibility index (Phi) is 10.6. The molecule has 1 fully saturated rings. The van der Waals surface area contributed by atoms with Crippen LogP contribution >= 0.6 is 15.9 Å². The first-order valence-electron chi connectivity index (χ1n) is 10.9. The molecule has 1 atom stereocenters. The molecule has 28 heavy (non-hydrogen) atoms. The van der Waals surface area contributed by atoms with Gasteiger partial charge in [-0.1, -0.05) is 70.4 Å². The predicted molar refractivity (Wildman–Crippen MR) is 116 cm³/mol. The van der Waals surface area contributed by atoms with Crippen LogP contribution < -0.4 is 0 Å². The van der Waals surface area contributed by atoms with Crippen LogP contribution in [0.2, 0.25) is 0 Å². The molecule has 156 valence electrons. The molecular formula is C23H34BrNO3. The smallest absolute Gasteiger partial charge is 0.328 e. The molecule has 1 aliphatic rings. The van der Waals surface area contributed by atoms with Gasteiger partial charge in [-0.3, -0.25) is 4.79 Å². The highest BCUT2D eigenvalue weighted by molar-refractivity contribution is 9.10. The highest BCUT2D eigenvalue weighted by Crippen LogP contribution is 2.25. The maximum atomic E-state index is 12.8. The Morgan fingerprint density at radius 1 is 1.04 bits per heavy atom. The van der Waals surface area contributed by atoms with E-state index in [0.29, 0.717) is 25.1 Å². The largest absolute Gasteiger partial charge is 0.464 e. The lowest BCUT2D eigenvalue weighted by Crippen LogP contribution is -2.41. The van der Waals surface area contributed by atoms with Crippen molar-refractivity contribution in [3.8, 4) is 0 Å². The summed E-state index contributed by atoms with van der Waals surface area (Å²) >= 11 is 3.43. The van der Waals surface area contributed by atoms with Crippen LogP contribution in [-0.4, -0.2) is 36.0 Å². The maximum Gasteiger partial charge on any atom is 0.328 e. The van der Waals surface area contributed by atoms with E-state index in [4.69, 9.17) is 4.74 Å². The zero-order chi connectivity index (χ0) is 20.2. The molecule has 4 nitrogen and oxygen atoms in total. The Hall–Kier alpha value is -1.36. The molecule has 0 aromatic heterocycles. The molecule has 1 aliphatic heterocycles. The molecule has 0 spiro atoms. The Bertz CT molecular complexity index is 620. The fourth-order valence-corrected chi connectivity index (χ4v) is 4.18. The number of ether oxygens (including phenoxy) is 1. The number of benzene rings is 1. The third-order valence-corrected chi connectivity index (χ3v) is 6.07. The van der Waals surface area contributed by atoms with Gasteiger partial charge in [0.05, 0.1) is 12.2 Å². The van der Waals surface area contributed by atoms with E-state index in [0.717, 1.165) is 23.7 Å². The number of carbonyl (C=O) groups is 2. The van der Waals surface area contributed by atoms with Gasteiger partial charge in [0.25, 0.3) is 5.91 Å². The lowest BCUT2D eigenvalue weighted by Gasteiger charge is -2.23. The number of nitrogens with zero attached hydrogens (tertiary/aromatic N) is 1. The lowest BCUT2D eigenvalue weighted by atomic mass is 10.1. The first-order chi connectivity index (χ1) is 13.6. The second-order valence-corrected chi connectivity index (χ2v) is 8.49. The first kappa shape index (κ1) is 22.9. The second kappa shape index (κ2) is 13.0. The van der Waals surface area contributed by atoms with Crippen molar-refractivity contribution >= 4 is 27.8 Å². The molecule has 2 rings (SSSR count). The monoisotopic (exact) mass is 451 g/mol. The maximum absolute atomic E-state index is 12.8. The molecule has 1 unspecified atom stereocenters. The highest BCUT2D eigenvalue weighted by atomic mass is 79.9. The molecule has 1 amide bonds. The second-order valence-electron chi connectivity index (χ2n) is 7.63. The zero-order valence-electron chi connectivity index (χ0n) is 17.1. The van der Waals surface area contributed by atoms with Gasteiger partial charge in [-0.05, 0) is 47.3 Å². The summed E-state index contributed by atoms with van der Waals surface area (Å²) in [6.07, 6.45) is 12.7. The summed E-state index contributed by atoms with van der Waals surface area (Å²) in [5.74, 6) is -0.354. The zero-order valence-corrected chi connectivity index (χ0v) is 18.7. The van der Waals surface area contributed by atoms with E-state index in [1.165, 1.54) is 44.9 Å². The molecular weight excluding hydrogens is 418 g/mol. The van der Waals surface area contributed by atoms with Crippen LogP contribution in [0, 0.1) is 0 Å². The van der Waals surface area contributed by atoms with E-state index >= 15 is 0 Å². The fraction of sp³-hybridized carbons (Fsp3) is 0.652. The number of hydrogen-bond acceptors (Lipinski definition) is 3. The summed E-state index contributed by atoms with van der Waals surface area (Å²) < 4.78 is 6.25. The number of hydrogen-bond donors (Lipinski definition) is 0. The van der Waals surface area contributed by atoms with Crippen molar-refractivity contribution < 1.29 is 14.3 Å². The average molecular weight is 452 g/mol. The lowest BCUT2D eigenvalue weighted by molar-refractivity contribution is -0.148. The normalized spacial score (nSPS) is 16.4. The molecule has 1 saturated heterocycles. The van der Waals surface area contributed by atoms with Gasteiger partial charge < -0.3 is 9.64 Å². The molecule has 5 heteroatoms. The van der Waals surface area contributed by atoms with E-state index in [1.54, 1.807) is 11.0 Å². The Morgan fingerprint density at radius 3 is 2.36 bits per heavy atom. The Balaban J connectivity index is 1.66. The van der Waals surface area contributed by atoms with Gasteiger partial charge in [-0.25, -0.2) is 4.79 Å². The van der Waals surface area contributed by atoms with Gasteiger partial charge >= 0.3 is 5.97 Å². The van der Waals surface area contributed by atoms with Crippen LogP contribution in [0.3, 0.4) is 0 Å². The third-order valence-electron chi connectivity index (χ3n) is 5.38. The average Bonchev–Trinajstić information content (AvgIpc) is 3.19. The standard InChI is InChI=1S/C23H34BrNO3/c1-2-3-4-5-6-7-8-9-12-18-28-23(27)21-16-13-17-25(21)22(26)19-14-10-11-15-20(19)24/h10-11,14-15,21H,2-9,12-13,16-18H2,1H3. The molecule has 0 aliphatic carbocycles. The molecule has 1 aromatic carbocycles. The van der Waals surface area contributed by atoms with Crippen molar-refractivity contribution in [2.24, 2.45) is 0 Å². The van der Waals surface area contributed by atoms with Crippen LogP contribution in [0.1, 0.15) is 87.9 Å². The highest BCUT2D eigenvalue weighted by Gasteiger charge is 2.36. The molecule has 0 N–H and O–H groups in total. The minimum atomic E-state index is -0.446. The quantitative estimate of drug-likeness (QED) is 0.283. The van der Waals surface area contributed by atoms with Crippen LogP contribution in [-0.2, 0) is 9.53 Å². The van der Waals surface area contributed by atoms with Crippen molar-refractivity contribution in [1.82, 2.24) is 4.90 Å². The van der Waals surface area contributed by atoms with Gasteiger partial charge in [0.15, 0.2) is 0 Å². The third kappa shape index (κ3) is 7.23. The molecule has 0 bridgehead atoms. The van der Waals surface area contributed by atoms with E-state index in [9.17, 15) is 9.59 Å². The molecule has 1 aromatic rings. The number of carbonyl (C=O) groups excluding carboxylic acids is 2. The summed E-state index contributed by atoms with van der Waals surface area (Å²) in [6, 6.07) is 6.90. The minimum Gasteiger partial charge on any atom is -0.464 e. The summed E-state index contributed by atoms with van der Waals surface area (Å²) in [5, 5.41) is 0. The number of esters is 1. The van der Waals surface area contributed by atoms with Crippen molar-refractivity contribution in [2.75, 3.05) is 13.2 Å². The van der Waals surface area contributed by atoms with Crippen molar-refractivity contribution in [2.45, 2.75) is 83.6 Å². The first-order valence-corrected chi connectivity index (χ1v) is 11.7. The van der Waals surface area contributed by atoms with Gasteiger partial charge in [0, 0.05) is 11.0 Å². The molecule has 0 radical (unpaired) electrons. The number of amides is 1. The van der Waals surface area contributed by atoms with E-state index in [2.05, 4.69) is 22.9 Å².